The summed E-state index contributed by atoms with van der Waals surface area (Å²) < 4.78 is 3.15. The van der Waals surface area contributed by atoms with Crippen LogP contribution in [0.3, 0.4) is 0 Å². The Kier molecular flexibility index (Phi) is 2.93. The van der Waals surface area contributed by atoms with Crippen LogP contribution < -0.4 is 5.43 Å². The van der Waals surface area contributed by atoms with Gasteiger partial charge in [0.25, 0.3) is 0 Å². The van der Waals surface area contributed by atoms with Crippen molar-refractivity contribution in [1.82, 2.24) is 4.68 Å². The van der Waals surface area contributed by atoms with Crippen molar-refractivity contribution in [1.29, 1.82) is 0 Å². The van der Waals surface area contributed by atoms with Crippen LogP contribution in [0, 0.1) is 0 Å². The minimum absolute atomic E-state index is 0.332. The lowest BCUT2D eigenvalue weighted by Crippen LogP contribution is -2.15. The van der Waals surface area contributed by atoms with Gasteiger partial charge in [-0.3, -0.25) is 4.68 Å². The van der Waals surface area contributed by atoms with Gasteiger partial charge in [0.1, 0.15) is 0 Å². The predicted octanol–water partition coefficient (Wildman–Crippen LogP) is 3.62. The van der Waals surface area contributed by atoms with Crippen molar-refractivity contribution in [2.24, 2.45) is 0 Å². The fourth-order valence-corrected chi connectivity index (χ4v) is 2.69. The van der Waals surface area contributed by atoms with Crippen LogP contribution in [0.5, 0.6) is 0 Å². The van der Waals surface area contributed by atoms with E-state index in [-0.39, 0.29) is 0 Å². The molecule has 14 heavy (non-hydrogen) atoms. The molecule has 2 rings (SSSR count). The monoisotopic (exact) mass is 270 g/mol. The summed E-state index contributed by atoms with van der Waals surface area (Å²) in [5.41, 5.74) is 3.36. The Labute approximate surface area is 95.7 Å². The van der Waals surface area contributed by atoms with Crippen molar-refractivity contribution in [2.75, 3.05) is 5.43 Å². The number of hydrogen-bond acceptors (Lipinski definition) is 2. The molecule has 0 aliphatic heterocycles. The van der Waals surface area contributed by atoms with Crippen LogP contribution in [-0.4, -0.2) is 4.68 Å². The maximum atomic E-state index is 3.46. The topological polar surface area (TPSA) is 17.0 Å². The van der Waals surface area contributed by atoms with Crippen LogP contribution in [0.4, 0.5) is 0 Å². The standard InChI is InChI=1S/C10H11BrN2S/c1-8(9-4-5-10(11)14-9)12-13-6-2-3-7-13/h2-8,12H,1H3. The minimum Gasteiger partial charge on any atom is -0.318 e. The van der Waals surface area contributed by atoms with E-state index in [4.69, 9.17) is 0 Å². The third-order valence-electron chi connectivity index (χ3n) is 1.97. The van der Waals surface area contributed by atoms with Gasteiger partial charge in [-0.25, -0.2) is 0 Å². The zero-order chi connectivity index (χ0) is 9.97. The van der Waals surface area contributed by atoms with Crippen molar-refractivity contribution in [3.8, 4) is 0 Å². The van der Waals surface area contributed by atoms with Gasteiger partial charge in [0.2, 0.25) is 0 Å². The molecule has 0 aromatic carbocycles. The first-order valence-corrected chi connectivity index (χ1v) is 6.01. The normalized spacial score (nSPS) is 12.7. The highest BCUT2D eigenvalue weighted by Gasteiger charge is 2.06. The number of rotatable bonds is 3. The molecule has 0 amide bonds. The van der Waals surface area contributed by atoms with Crippen molar-refractivity contribution in [3.05, 3.63) is 45.3 Å². The second-order valence-electron chi connectivity index (χ2n) is 3.08. The molecule has 1 N–H and O–H groups in total. The summed E-state index contributed by atoms with van der Waals surface area (Å²) >= 11 is 5.22. The third-order valence-corrected chi connectivity index (χ3v) is 3.77. The molecule has 2 nitrogen and oxygen atoms in total. The van der Waals surface area contributed by atoms with Gasteiger partial charge in [0.05, 0.1) is 9.83 Å². The van der Waals surface area contributed by atoms with Crippen LogP contribution in [0.25, 0.3) is 0 Å². The van der Waals surface area contributed by atoms with E-state index in [0.717, 1.165) is 0 Å². The molecule has 0 saturated carbocycles. The molecule has 0 bridgehead atoms. The highest BCUT2D eigenvalue weighted by atomic mass is 79.9. The number of thiophene rings is 1. The second-order valence-corrected chi connectivity index (χ2v) is 5.58. The van der Waals surface area contributed by atoms with Gasteiger partial charge in [-0.05, 0) is 47.1 Å². The average Bonchev–Trinajstić information content (AvgIpc) is 2.75. The number of nitrogens with one attached hydrogen (secondary N) is 1. The van der Waals surface area contributed by atoms with E-state index in [1.165, 1.54) is 8.66 Å². The van der Waals surface area contributed by atoms with Gasteiger partial charge < -0.3 is 5.43 Å². The molecule has 2 aromatic rings. The van der Waals surface area contributed by atoms with Gasteiger partial charge in [0.15, 0.2) is 0 Å². The minimum atomic E-state index is 0.332. The Morgan fingerprint density at radius 2 is 2.07 bits per heavy atom. The lowest BCUT2D eigenvalue weighted by atomic mass is 10.3. The smallest absolute Gasteiger partial charge is 0.0738 e. The third kappa shape index (κ3) is 2.19. The summed E-state index contributed by atoms with van der Waals surface area (Å²) in [5, 5.41) is 0. The van der Waals surface area contributed by atoms with Gasteiger partial charge in [0, 0.05) is 17.3 Å². The van der Waals surface area contributed by atoms with Crippen LogP contribution in [0.2, 0.25) is 0 Å². The van der Waals surface area contributed by atoms with Crippen LogP contribution >= 0.6 is 27.3 Å². The highest BCUT2D eigenvalue weighted by Crippen LogP contribution is 2.27. The zero-order valence-electron chi connectivity index (χ0n) is 7.77. The van der Waals surface area contributed by atoms with Crippen LogP contribution in [0.15, 0.2) is 40.4 Å². The van der Waals surface area contributed by atoms with Gasteiger partial charge >= 0.3 is 0 Å². The van der Waals surface area contributed by atoms with E-state index >= 15 is 0 Å². The van der Waals surface area contributed by atoms with Gasteiger partial charge in [-0.15, -0.1) is 11.3 Å². The van der Waals surface area contributed by atoms with Crippen molar-refractivity contribution in [3.63, 3.8) is 0 Å². The Balaban J connectivity index is 2.06. The Morgan fingerprint density at radius 3 is 2.64 bits per heavy atom. The summed E-state index contributed by atoms with van der Waals surface area (Å²) in [6.45, 7) is 2.15. The summed E-state index contributed by atoms with van der Waals surface area (Å²) in [4.78, 5) is 1.32. The maximum Gasteiger partial charge on any atom is 0.0738 e. The Morgan fingerprint density at radius 1 is 1.36 bits per heavy atom. The molecule has 1 atom stereocenters. The van der Waals surface area contributed by atoms with E-state index in [1.807, 2.05) is 29.2 Å². The summed E-state index contributed by atoms with van der Waals surface area (Å²) in [6.07, 6.45) is 4.00. The molecule has 0 fully saturated rings. The molecule has 0 aliphatic rings. The molecule has 4 heteroatoms. The van der Waals surface area contributed by atoms with E-state index in [2.05, 4.69) is 40.4 Å². The summed E-state index contributed by atoms with van der Waals surface area (Å²) in [7, 11) is 0. The van der Waals surface area contributed by atoms with Crippen molar-refractivity contribution in [2.45, 2.75) is 13.0 Å². The Bertz CT molecular complexity index is 394. The molecule has 1 unspecified atom stereocenters. The Hall–Kier alpha value is -0.740. The molecule has 0 spiro atoms. The van der Waals surface area contributed by atoms with Crippen LogP contribution in [0.1, 0.15) is 17.8 Å². The molecule has 2 aromatic heterocycles. The first-order chi connectivity index (χ1) is 6.75. The number of nitrogens with zero attached hydrogens (tertiary/aromatic N) is 1. The molecule has 2 heterocycles. The molecular formula is C10H11BrN2S. The molecule has 74 valence electrons. The first-order valence-electron chi connectivity index (χ1n) is 4.40. The zero-order valence-corrected chi connectivity index (χ0v) is 10.2. The fraction of sp³-hybridized carbons (Fsp3) is 0.200. The first kappa shape index (κ1) is 9.80. The largest absolute Gasteiger partial charge is 0.318 e. The molecule has 0 aliphatic carbocycles. The maximum absolute atomic E-state index is 3.46. The quantitative estimate of drug-likeness (QED) is 0.902. The SMILES string of the molecule is CC(Nn1cccc1)c1ccc(Br)s1. The van der Waals surface area contributed by atoms with E-state index in [1.54, 1.807) is 11.3 Å². The summed E-state index contributed by atoms with van der Waals surface area (Å²) in [6, 6.07) is 8.55. The predicted molar refractivity (Wildman–Crippen MR) is 64.2 cm³/mol. The average molecular weight is 271 g/mol. The fourth-order valence-electron chi connectivity index (χ4n) is 1.27. The van der Waals surface area contributed by atoms with Gasteiger partial charge in [-0.1, -0.05) is 0 Å². The number of halogens is 1. The van der Waals surface area contributed by atoms with Crippen molar-refractivity contribution < 1.29 is 0 Å². The lowest BCUT2D eigenvalue weighted by molar-refractivity contribution is 0.739. The second kappa shape index (κ2) is 4.19. The lowest BCUT2D eigenvalue weighted by Gasteiger charge is -2.14. The van der Waals surface area contributed by atoms with Crippen LogP contribution in [-0.2, 0) is 0 Å². The molecular weight excluding hydrogens is 260 g/mol. The number of aromatic nitrogens is 1. The highest BCUT2D eigenvalue weighted by molar-refractivity contribution is 9.11. The van der Waals surface area contributed by atoms with E-state index in [9.17, 15) is 0 Å². The van der Waals surface area contributed by atoms with E-state index in [0.29, 0.717) is 6.04 Å². The molecule has 0 radical (unpaired) electrons. The summed E-state index contributed by atoms with van der Waals surface area (Å²) in [5.74, 6) is 0. The van der Waals surface area contributed by atoms with E-state index < -0.39 is 0 Å². The van der Waals surface area contributed by atoms with Gasteiger partial charge in [-0.2, -0.15) is 0 Å². The van der Waals surface area contributed by atoms with Crippen molar-refractivity contribution >= 4 is 27.3 Å². The number of hydrogen-bond donors (Lipinski definition) is 1. The molecule has 0 saturated heterocycles.